The van der Waals surface area contributed by atoms with Crippen molar-refractivity contribution >= 4 is 5.97 Å². The Morgan fingerprint density at radius 2 is 2.24 bits per heavy atom. The molecule has 4 heteroatoms. The molecule has 1 N–H and O–H groups in total. The molecule has 0 amide bonds. The maximum Gasteiger partial charge on any atom is 0.338 e. The van der Waals surface area contributed by atoms with Crippen LogP contribution in [0.15, 0.2) is 30.3 Å². The molecule has 0 unspecified atom stereocenters. The molecule has 0 bridgehead atoms. The van der Waals surface area contributed by atoms with Crippen molar-refractivity contribution in [2.24, 2.45) is 0 Å². The Morgan fingerprint density at radius 3 is 2.82 bits per heavy atom. The van der Waals surface area contributed by atoms with E-state index >= 15 is 0 Å². The molecule has 1 fully saturated rings. The molecule has 0 radical (unpaired) electrons. The van der Waals surface area contributed by atoms with Gasteiger partial charge in [-0.25, -0.2) is 4.79 Å². The lowest BCUT2D eigenvalue weighted by Gasteiger charge is -2.22. The number of benzene rings is 1. The third kappa shape index (κ3) is 3.05. The fraction of sp³-hybridized carbons (Fsp3) is 0.462. The van der Waals surface area contributed by atoms with Gasteiger partial charge in [0, 0.05) is 6.42 Å². The first-order chi connectivity index (χ1) is 8.09. The Hall–Kier alpha value is -1.39. The molecule has 2 atom stereocenters. The molecule has 0 aromatic heterocycles. The second-order valence-electron chi connectivity index (χ2n) is 4.50. The van der Waals surface area contributed by atoms with Crippen LogP contribution in [0.2, 0.25) is 0 Å². The van der Waals surface area contributed by atoms with Crippen molar-refractivity contribution < 1.29 is 19.4 Å². The Bertz CT molecular complexity index is 390. The third-order valence-electron chi connectivity index (χ3n) is 2.86. The monoisotopic (exact) mass is 236 g/mol. The summed E-state index contributed by atoms with van der Waals surface area (Å²) in [6.07, 6.45) is 0.533. The molecule has 0 aliphatic carbocycles. The van der Waals surface area contributed by atoms with Gasteiger partial charge in [-0.3, -0.25) is 0 Å². The van der Waals surface area contributed by atoms with E-state index in [1.54, 1.807) is 24.3 Å². The van der Waals surface area contributed by atoms with Crippen LogP contribution >= 0.6 is 0 Å². The normalized spacial score (nSPS) is 28.0. The van der Waals surface area contributed by atoms with Crippen LogP contribution in [0.1, 0.15) is 30.1 Å². The van der Waals surface area contributed by atoms with Gasteiger partial charge in [-0.1, -0.05) is 18.2 Å². The second kappa shape index (κ2) is 4.85. The number of carbonyl (C=O) groups excluding carboxylic acids is 1. The van der Waals surface area contributed by atoms with Gasteiger partial charge < -0.3 is 14.6 Å². The molecule has 0 spiro atoms. The Labute approximate surface area is 100 Å². The summed E-state index contributed by atoms with van der Waals surface area (Å²) in [6, 6.07) is 8.82. The minimum absolute atomic E-state index is 0.164. The van der Waals surface area contributed by atoms with Crippen molar-refractivity contribution in [1.82, 2.24) is 0 Å². The standard InChI is InChI=1S/C13H16O4/c1-13(8-7-11(14)17-13)9-16-12(15)10-5-3-2-4-6-10/h2-6,11,14H,7-9H2,1H3/t11-,13-/m0/s1. The van der Waals surface area contributed by atoms with E-state index in [0.717, 1.165) is 0 Å². The molecule has 1 aliphatic heterocycles. The summed E-state index contributed by atoms with van der Waals surface area (Å²) < 4.78 is 10.5. The Morgan fingerprint density at radius 1 is 1.53 bits per heavy atom. The molecule has 17 heavy (non-hydrogen) atoms. The summed E-state index contributed by atoms with van der Waals surface area (Å²) in [7, 11) is 0. The number of esters is 1. The summed E-state index contributed by atoms with van der Waals surface area (Å²) in [5.41, 5.74) is -0.0428. The SMILES string of the molecule is C[C@@]1(COC(=O)c2ccccc2)CC[C@@H](O)O1. The average molecular weight is 236 g/mol. The molecular formula is C13H16O4. The van der Waals surface area contributed by atoms with Crippen molar-refractivity contribution in [3.63, 3.8) is 0 Å². The van der Waals surface area contributed by atoms with Gasteiger partial charge in [-0.05, 0) is 25.5 Å². The molecule has 0 saturated carbocycles. The van der Waals surface area contributed by atoms with Crippen LogP contribution in [-0.4, -0.2) is 29.6 Å². The van der Waals surface area contributed by atoms with Crippen LogP contribution in [0.4, 0.5) is 0 Å². The van der Waals surface area contributed by atoms with E-state index in [-0.39, 0.29) is 12.6 Å². The topological polar surface area (TPSA) is 55.8 Å². The van der Waals surface area contributed by atoms with Crippen molar-refractivity contribution in [3.8, 4) is 0 Å². The van der Waals surface area contributed by atoms with E-state index in [1.807, 2.05) is 13.0 Å². The first kappa shape index (κ1) is 12.1. The number of hydrogen-bond acceptors (Lipinski definition) is 4. The minimum Gasteiger partial charge on any atom is -0.459 e. The first-order valence-electron chi connectivity index (χ1n) is 5.67. The maximum atomic E-state index is 11.7. The highest BCUT2D eigenvalue weighted by Gasteiger charge is 2.36. The van der Waals surface area contributed by atoms with E-state index in [0.29, 0.717) is 18.4 Å². The number of carbonyl (C=O) groups is 1. The predicted octanol–water partition coefficient (Wildman–Crippen LogP) is 1.73. The van der Waals surface area contributed by atoms with E-state index in [4.69, 9.17) is 9.47 Å². The molecule has 92 valence electrons. The lowest BCUT2D eigenvalue weighted by atomic mass is 10.0. The van der Waals surface area contributed by atoms with Gasteiger partial charge in [0.15, 0.2) is 6.29 Å². The van der Waals surface area contributed by atoms with Crippen LogP contribution in [0, 0.1) is 0 Å². The molecule has 1 saturated heterocycles. The summed E-state index contributed by atoms with van der Waals surface area (Å²) in [5.74, 6) is -0.364. The predicted molar refractivity (Wildman–Crippen MR) is 61.5 cm³/mol. The molecule has 2 rings (SSSR count). The van der Waals surface area contributed by atoms with Crippen LogP contribution in [0.3, 0.4) is 0 Å². The highest BCUT2D eigenvalue weighted by Crippen LogP contribution is 2.29. The fourth-order valence-corrected chi connectivity index (χ4v) is 1.86. The van der Waals surface area contributed by atoms with Crippen molar-refractivity contribution in [2.75, 3.05) is 6.61 Å². The van der Waals surface area contributed by atoms with Gasteiger partial charge in [0.1, 0.15) is 12.2 Å². The van der Waals surface area contributed by atoms with Gasteiger partial charge in [0.25, 0.3) is 0 Å². The van der Waals surface area contributed by atoms with Crippen LogP contribution in [0.5, 0.6) is 0 Å². The zero-order valence-corrected chi connectivity index (χ0v) is 9.76. The minimum atomic E-state index is -0.740. The van der Waals surface area contributed by atoms with Crippen LogP contribution in [0.25, 0.3) is 0 Å². The van der Waals surface area contributed by atoms with Crippen LogP contribution in [-0.2, 0) is 9.47 Å². The van der Waals surface area contributed by atoms with E-state index < -0.39 is 11.9 Å². The molecular weight excluding hydrogens is 220 g/mol. The number of rotatable bonds is 3. The number of hydrogen-bond donors (Lipinski definition) is 1. The van der Waals surface area contributed by atoms with E-state index in [1.165, 1.54) is 0 Å². The zero-order chi connectivity index (χ0) is 12.3. The van der Waals surface area contributed by atoms with Gasteiger partial charge in [-0.2, -0.15) is 0 Å². The molecule has 1 heterocycles. The molecule has 1 aliphatic rings. The lowest BCUT2D eigenvalue weighted by molar-refractivity contribution is -0.145. The van der Waals surface area contributed by atoms with E-state index in [9.17, 15) is 9.90 Å². The smallest absolute Gasteiger partial charge is 0.338 e. The summed E-state index contributed by atoms with van der Waals surface area (Å²) in [5, 5.41) is 9.28. The van der Waals surface area contributed by atoms with Gasteiger partial charge in [0.2, 0.25) is 0 Å². The third-order valence-corrected chi connectivity index (χ3v) is 2.86. The second-order valence-corrected chi connectivity index (χ2v) is 4.50. The molecule has 1 aromatic carbocycles. The van der Waals surface area contributed by atoms with E-state index in [2.05, 4.69) is 0 Å². The fourth-order valence-electron chi connectivity index (χ4n) is 1.86. The summed E-state index contributed by atoms with van der Waals surface area (Å²) in [4.78, 5) is 11.7. The Balaban J connectivity index is 1.89. The lowest BCUT2D eigenvalue weighted by Crippen LogP contribution is -2.32. The van der Waals surface area contributed by atoms with Crippen molar-refractivity contribution in [1.29, 1.82) is 0 Å². The number of aliphatic hydroxyl groups is 1. The van der Waals surface area contributed by atoms with Gasteiger partial charge >= 0.3 is 5.97 Å². The highest BCUT2D eigenvalue weighted by atomic mass is 16.6. The number of ether oxygens (including phenoxy) is 2. The first-order valence-corrected chi connectivity index (χ1v) is 5.67. The Kier molecular flexibility index (Phi) is 3.45. The van der Waals surface area contributed by atoms with Gasteiger partial charge in [0.05, 0.1) is 5.56 Å². The summed E-state index contributed by atoms with van der Waals surface area (Å²) in [6.45, 7) is 2.00. The van der Waals surface area contributed by atoms with Crippen molar-refractivity contribution in [2.45, 2.75) is 31.7 Å². The highest BCUT2D eigenvalue weighted by molar-refractivity contribution is 5.89. The van der Waals surface area contributed by atoms with Crippen LogP contribution < -0.4 is 0 Å². The molecule has 4 nitrogen and oxygen atoms in total. The quantitative estimate of drug-likeness (QED) is 0.812. The largest absolute Gasteiger partial charge is 0.459 e. The number of aliphatic hydroxyl groups excluding tert-OH is 1. The van der Waals surface area contributed by atoms with Crippen molar-refractivity contribution in [3.05, 3.63) is 35.9 Å². The molecule has 1 aromatic rings. The maximum absolute atomic E-state index is 11.7. The summed E-state index contributed by atoms with van der Waals surface area (Å²) >= 11 is 0. The zero-order valence-electron chi connectivity index (χ0n) is 9.76. The average Bonchev–Trinajstić information content (AvgIpc) is 2.68. The van der Waals surface area contributed by atoms with Gasteiger partial charge in [-0.15, -0.1) is 0 Å².